The highest BCUT2D eigenvalue weighted by Gasteiger charge is 2.44. The molecule has 2 rings (SSSR count). The van der Waals surface area contributed by atoms with Crippen LogP contribution >= 0.6 is 0 Å². The number of aliphatic hydroxyl groups excluding tert-OH is 2. The second kappa shape index (κ2) is 5.16. The largest absolute Gasteiger partial charge is 0.462 e. The van der Waals surface area contributed by atoms with E-state index in [1.165, 1.54) is 6.08 Å². The van der Waals surface area contributed by atoms with E-state index in [2.05, 4.69) is 0 Å². The first-order valence-electron chi connectivity index (χ1n) is 5.94. The van der Waals surface area contributed by atoms with Crippen LogP contribution in [-0.2, 0) is 14.3 Å². The number of aliphatic hydroxyl groups is 2. The van der Waals surface area contributed by atoms with Crippen molar-refractivity contribution in [1.82, 2.24) is 0 Å². The lowest BCUT2D eigenvalue weighted by Gasteiger charge is -2.14. The van der Waals surface area contributed by atoms with Crippen LogP contribution in [-0.4, -0.2) is 46.7 Å². The minimum absolute atomic E-state index is 0.0226. The van der Waals surface area contributed by atoms with Crippen LogP contribution < -0.4 is 0 Å². The van der Waals surface area contributed by atoms with Gasteiger partial charge in [0, 0.05) is 6.42 Å². The van der Waals surface area contributed by atoms with Crippen LogP contribution in [0.2, 0.25) is 0 Å². The molecule has 0 bridgehead atoms. The van der Waals surface area contributed by atoms with Gasteiger partial charge in [-0.2, -0.15) is 0 Å². The molecule has 5 nitrogen and oxygen atoms in total. The van der Waals surface area contributed by atoms with Gasteiger partial charge in [0.15, 0.2) is 0 Å². The van der Waals surface area contributed by atoms with E-state index in [1.807, 2.05) is 0 Å². The van der Waals surface area contributed by atoms with E-state index in [4.69, 9.17) is 9.47 Å². The quantitative estimate of drug-likeness (QED) is 0.359. The molecule has 0 aromatic carbocycles. The van der Waals surface area contributed by atoms with Gasteiger partial charge in [-0.1, -0.05) is 12.2 Å². The Labute approximate surface area is 100 Å². The molecule has 5 heteroatoms. The number of esters is 1. The maximum atomic E-state index is 11.4. The van der Waals surface area contributed by atoms with Gasteiger partial charge in [0.2, 0.25) is 0 Å². The highest BCUT2D eigenvalue weighted by atomic mass is 16.6. The van der Waals surface area contributed by atoms with Crippen molar-refractivity contribution in [3.05, 3.63) is 12.2 Å². The average Bonchev–Trinajstić information content (AvgIpc) is 2.94. The maximum Gasteiger partial charge on any atom is 0.309 e. The highest BCUT2D eigenvalue weighted by Crippen LogP contribution is 2.31. The molecule has 0 unspecified atom stereocenters. The van der Waals surface area contributed by atoms with Crippen molar-refractivity contribution in [2.24, 2.45) is 0 Å². The molecule has 2 aliphatic rings. The molecule has 0 saturated carbocycles. The third-order valence-corrected chi connectivity index (χ3v) is 3.01. The molecule has 0 aliphatic carbocycles. The van der Waals surface area contributed by atoms with Crippen molar-refractivity contribution in [3.63, 3.8) is 0 Å². The topological polar surface area (TPSA) is 79.3 Å². The zero-order chi connectivity index (χ0) is 12.4. The number of hydrogen-bond acceptors (Lipinski definition) is 5. The zero-order valence-corrected chi connectivity index (χ0v) is 9.78. The van der Waals surface area contributed by atoms with Gasteiger partial charge >= 0.3 is 5.97 Å². The summed E-state index contributed by atoms with van der Waals surface area (Å²) in [4.78, 5) is 11.4. The number of hydrogen-bond donors (Lipinski definition) is 2. The van der Waals surface area contributed by atoms with Gasteiger partial charge in [0.1, 0.15) is 12.2 Å². The molecule has 96 valence electrons. The number of carbonyl (C=O) groups is 1. The molecule has 1 saturated heterocycles. The number of cyclic esters (lactones) is 1. The van der Waals surface area contributed by atoms with Crippen LogP contribution in [0, 0.1) is 0 Å². The number of epoxide rings is 1. The van der Waals surface area contributed by atoms with Gasteiger partial charge in [-0.25, -0.2) is 0 Å². The molecule has 1 fully saturated rings. The van der Waals surface area contributed by atoms with Crippen LogP contribution in [0.25, 0.3) is 0 Å². The van der Waals surface area contributed by atoms with Gasteiger partial charge in [0.05, 0.1) is 24.7 Å². The Bertz CT molecular complexity index is 314. The minimum atomic E-state index is -0.850. The molecule has 17 heavy (non-hydrogen) atoms. The summed E-state index contributed by atoms with van der Waals surface area (Å²) in [5, 5.41) is 19.3. The van der Waals surface area contributed by atoms with Crippen molar-refractivity contribution in [1.29, 1.82) is 0 Å². The smallest absolute Gasteiger partial charge is 0.309 e. The second-order valence-corrected chi connectivity index (χ2v) is 4.68. The van der Waals surface area contributed by atoms with E-state index in [9.17, 15) is 15.0 Å². The lowest BCUT2D eigenvalue weighted by Crippen LogP contribution is -2.23. The van der Waals surface area contributed by atoms with Crippen LogP contribution in [0.15, 0.2) is 12.2 Å². The van der Waals surface area contributed by atoms with E-state index in [-0.39, 0.29) is 24.7 Å². The highest BCUT2D eigenvalue weighted by molar-refractivity contribution is 5.70. The number of carbonyl (C=O) groups excluding carboxylic acids is 1. The van der Waals surface area contributed by atoms with Crippen molar-refractivity contribution < 1.29 is 24.5 Å². The van der Waals surface area contributed by atoms with E-state index in [0.717, 1.165) is 0 Å². The molecule has 0 radical (unpaired) electrons. The van der Waals surface area contributed by atoms with Crippen LogP contribution in [0.3, 0.4) is 0 Å². The van der Waals surface area contributed by atoms with E-state index in [0.29, 0.717) is 12.8 Å². The Balaban J connectivity index is 1.99. The maximum absolute atomic E-state index is 11.4. The Morgan fingerprint density at radius 2 is 2.18 bits per heavy atom. The first kappa shape index (κ1) is 12.5. The third-order valence-electron chi connectivity index (χ3n) is 3.01. The first-order valence-corrected chi connectivity index (χ1v) is 5.94. The molecule has 0 spiro atoms. The monoisotopic (exact) mass is 242 g/mol. The molecular weight excluding hydrogens is 224 g/mol. The van der Waals surface area contributed by atoms with Crippen molar-refractivity contribution in [2.75, 3.05) is 0 Å². The molecule has 2 N–H and O–H groups in total. The van der Waals surface area contributed by atoms with Crippen LogP contribution in [0.5, 0.6) is 0 Å². The lowest BCUT2D eigenvalue weighted by atomic mass is 10.1. The van der Waals surface area contributed by atoms with Gasteiger partial charge in [0.25, 0.3) is 0 Å². The Hall–Kier alpha value is -0.910. The lowest BCUT2D eigenvalue weighted by molar-refractivity contribution is -0.150. The second-order valence-electron chi connectivity index (χ2n) is 4.68. The number of fused-ring (bicyclic) bond motifs is 1. The molecule has 0 aromatic heterocycles. The first-order chi connectivity index (χ1) is 8.06. The fourth-order valence-electron chi connectivity index (χ4n) is 2.08. The minimum Gasteiger partial charge on any atom is -0.462 e. The van der Waals surface area contributed by atoms with Crippen LogP contribution in [0.4, 0.5) is 0 Å². The summed E-state index contributed by atoms with van der Waals surface area (Å²) in [5.74, 6) is -0.409. The van der Waals surface area contributed by atoms with E-state index < -0.39 is 18.2 Å². The summed E-state index contributed by atoms with van der Waals surface area (Å²) in [6, 6.07) is 0. The molecule has 0 aromatic rings. The van der Waals surface area contributed by atoms with Crippen molar-refractivity contribution in [2.45, 2.75) is 56.7 Å². The summed E-state index contributed by atoms with van der Waals surface area (Å²) in [6.45, 7) is 1.79. The summed E-state index contributed by atoms with van der Waals surface area (Å²) >= 11 is 0. The Morgan fingerprint density at radius 1 is 1.41 bits per heavy atom. The predicted molar refractivity (Wildman–Crippen MR) is 59.2 cm³/mol. The molecule has 2 aliphatic heterocycles. The SMILES string of the molecule is C[C@@H]1C[C@@H]2O[C@H]2[C@@H](O)C/C=C/[C@@H](O)CC(=O)O1. The van der Waals surface area contributed by atoms with Gasteiger partial charge < -0.3 is 19.7 Å². The Morgan fingerprint density at radius 3 is 2.94 bits per heavy atom. The standard InChI is InChI=1S/C12H18O5/c1-7-5-10-12(17-10)9(14)4-2-3-8(13)6-11(15)16-7/h2-3,7-10,12-14H,4-6H2,1H3/b3-2+/t7-,8-,9+,10+,12+/m1/s1. The van der Waals surface area contributed by atoms with Gasteiger partial charge in [-0.15, -0.1) is 0 Å². The zero-order valence-electron chi connectivity index (χ0n) is 9.78. The number of ether oxygens (including phenoxy) is 2. The summed E-state index contributed by atoms with van der Waals surface area (Å²) in [6.07, 6.45) is 2.31. The molecular formula is C12H18O5. The normalized spacial score (nSPS) is 44.9. The van der Waals surface area contributed by atoms with E-state index >= 15 is 0 Å². The number of rotatable bonds is 0. The van der Waals surface area contributed by atoms with E-state index in [1.54, 1.807) is 13.0 Å². The summed E-state index contributed by atoms with van der Waals surface area (Å²) in [5.41, 5.74) is 0. The predicted octanol–water partition coefficient (Wildman–Crippen LogP) is 0.147. The summed E-state index contributed by atoms with van der Waals surface area (Å²) in [7, 11) is 0. The molecule has 0 amide bonds. The fraction of sp³-hybridized carbons (Fsp3) is 0.750. The average molecular weight is 242 g/mol. The van der Waals surface area contributed by atoms with Gasteiger partial charge in [-0.05, 0) is 13.3 Å². The fourth-order valence-corrected chi connectivity index (χ4v) is 2.08. The molecule has 5 atom stereocenters. The van der Waals surface area contributed by atoms with Crippen molar-refractivity contribution >= 4 is 5.97 Å². The molecule has 2 heterocycles. The van der Waals surface area contributed by atoms with Crippen LogP contribution in [0.1, 0.15) is 26.2 Å². The van der Waals surface area contributed by atoms with Gasteiger partial charge in [-0.3, -0.25) is 4.79 Å². The third kappa shape index (κ3) is 3.52. The Kier molecular flexibility index (Phi) is 3.81. The van der Waals surface area contributed by atoms with Crippen molar-refractivity contribution in [3.8, 4) is 0 Å². The summed E-state index contributed by atoms with van der Waals surface area (Å²) < 4.78 is 10.5.